The number of azo groups is 1. The molecule has 1 heterocycles. The minimum atomic E-state index is -0.0725. The second-order valence-electron chi connectivity index (χ2n) is 6.38. The van der Waals surface area contributed by atoms with Crippen molar-refractivity contribution in [3.8, 4) is 17.0 Å². The smallest absolute Gasteiger partial charge is 0.234 e. The summed E-state index contributed by atoms with van der Waals surface area (Å²) in [6, 6.07) is 23.7. The lowest BCUT2D eigenvalue weighted by molar-refractivity contribution is 0.459. The van der Waals surface area contributed by atoms with E-state index in [0.29, 0.717) is 5.69 Å². The molecule has 3 N–H and O–H groups in total. The van der Waals surface area contributed by atoms with Gasteiger partial charge in [0.05, 0.1) is 11.7 Å². The largest absolute Gasteiger partial charge is 0.493 e. The van der Waals surface area contributed by atoms with Gasteiger partial charge in [0.1, 0.15) is 0 Å². The topological polar surface area (TPSA) is 85.1 Å². The third kappa shape index (κ3) is 4.61. The van der Waals surface area contributed by atoms with Crippen molar-refractivity contribution in [3.63, 3.8) is 0 Å². The zero-order valence-electron chi connectivity index (χ0n) is 15.6. The van der Waals surface area contributed by atoms with Crippen molar-refractivity contribution in [1.29, 1.82) is 0 Å². The fourth-order valence-corrected chi connectivity index (χ4v) is 3.36. The molecule has 8 heteroatoms. The van der Waals surface area contributed by atoms with Crippen LogP contribution >= 0.6 is 28.1 Å². The van der Waals surface area contributed by atoms with Crippen LogP contribution in [0.3, 0.4) is 0 Å². The molecule has 0 saturated heterocycles. The van der Waals surface area contributed by atoms with Crippen LogP contribution in [0, 0.1) is 0 Å². The number of aromatic hydroxyl groups is 1. The molecule has 0 amide bonds. The summed E-state index contributed by atoms with van der Waals surface area (Å²) in [6.07, 6.45) is 1.65. The summed E-state index contributed by atoms with van der Waals surface area (Å²) in [6.45, 7) is 0. The fourth-order valence-electron chi connectivity index (χ4n) is 2.91. The van der Waals surface area contributed by atoms with Gasteiger partial charge in [-0.05, 0) is 47.1 Å². The molecule has 0 spiro atoms. The Bertz CT molecular complexity index is 1250. The molecule has 4 aromatic rings. The number of benzene rings is 3. The number of rotatable bonds is 4. The number of hydrogen-bond acceptors (Lipinski definition) is 4. The normalized spacial score (nSPS) is 11.5. The minimum absolute atomic E-state index is 0.0725. The van der Waals surface area contributed by atoms with E-state index in [-0.39, 0.29) is 11.0 Å². The van der Waals surface area contributed by atoms with Gasteiger partial charge in [-0.1, -0.05) is 70.5 Å². The molecule has 148 valence electrons. The van der Waals surface area contributed by atoms with Crippen LogP contribution in [0.25, 0.3) is 22.0 Å². The van der Waals surface area contributed by atoms with Gasteiger partial charge in [0.15, 0.2) is 5.69 Å². The van der Waals surface area contributed by atoms with Gasteiger partial charge >= 0.3 is 0 Å². The monoisotopic (exact) mass is 477 g/mol. The molecule has 0 atom stereocenters. The standard InChI is InChI=1S/C22H16BrN5OS/c23-17-10-11-19-18(12-17)20(21(29)25-19)26-28-22(30)27-24-13-14-6-8-16(9-7-14)15-4-2-1-3-5-15/h1-13,25,29H,(H,27,30)/b24-13+,28-26?. The zero-order chi connectivity index (χ0) is 20.9. The molecule has 0 saturated carbocycles. The van der Waals surface area contributed by atoms with Gasteiger partial charge in [-0.2, -0.15) is 5.10 Å². The van der Waals surface area contributed by atoms with E-state index in [0.717, 1.165) is 32.1 Å². The van der Waals surface area contributed by atoms with Crippen LogP contribution in [0.15, 0.2) is 92.6 Å². The van der Waals surface area contributed by atoms with Gasteiger partial charge in [0.2, 0.25) is 11.0 Å². The Kier molecular flexibility index (Phi) is 5.97. The summed E-state index contributed by atoms with van der Waals surface area (Å²) in [5.74, 6) is -0.0725. The van der Waals surface area contributed by atoms with Crippen LogP contribution in [-0.4, -0.2) is 21.4 Å². The molecule has 3 aromatic carbocycles. The van der Waals surface area contributed by atoms with Gasteiger partial charge in [0, 0.05) is 9.86 Å². The third-order valence-electron chi connectivity index (χ3n) is 4.35. The van der Waals surface area contributed by atoms with E-state index in [1.807, 2.05) is 60.7 Å². The average Bonchev–Trinajstić information content (AvgIpc) is 3.07. The molecular formula is C22H16BrN5OS. The summed E-state index contributed by atoms with van der Waals surface area (Å²) >= 11 is 8.54. The van der Waals surface area contributed by atoms with Gasteiger partial charge < -0.3 is 10.1 Å². The van der Waals surface area contributed by atoms with E-state index < -0.39 is 0 Å². The van der Waals surface area contributed by atoms with Gasteiger partial charge in [-0.25, -0.2) is 0 Å². The number of aromatic nitrogens is 1. The number of halogens is 1. The first-order chi connectivity index (χ1) is 14.6. The van der Waals surface area contributed by atoms with E-state index in [9.17, 15) is 5.11 Å². The highest BCUT2D eigenvalue weighted by Gasteiger charge is 2.10. The lowest BCUT2D eigenvalue weighted by Gasteiger charge is -2.01. The maximum Gasteiger partial charge on any atom is 0.234 e. The van der Waals surface area contributed by atoms with E-state index >= 15 is 0 Å². The van der Waals surface area contributed by atoms with Crippen molar-refractivity contribution >= 4 is 56.1 Å². The van der Waals surface area contributed by atoms with Crippen molar-refractivity contribution in [3.05, 3.63) is 82.8 Å². The van der Waals surface area contributed by atoms with E-state index in [2.05, 4.69) is 53.8 Å². The Hall–Kier alpha value is -3.36. The molecule has 0 unspecified atom stereocenters. The van der Waals surface area contributed by atoms with Crippen LogP contribution in [-0.2, 0) is 0 Å². The molecule has 0 fully saturated rings. The highest BCUT2D eigenvalue weighted by atomic mass is 79.9. The Morgan fingerprint density at radius 2 is 1.73 bits per heavy atom. The van der Waals surface area contributed by atoms with Gasteiger partial charge in [-0.3, -0.25) is 5.43 Å². The highest BCUT2D eigenvalue weighted by molar-refractivity contribution is 9.10. The van der Waals surface area contributed by atoms with Crippen molar-refractivity contribution in [2.75, 3.05) is 0 Å². The first-order valence-electron chi connectivity index (χ1n) is 9.00. The quantitative estimate of drug-likeness (QED) is 0.139. The second-order valence-corrected chi connectivity index (χ2v) is 7.68. The lowest BCUT2D eigenvalue weighted by Crippen LogP contribution is -2.11. The summed E-state index contributed by atoms with van der Waals surface area (Å²) in [4.78, 5) is 2.85. The number of hydrogen-bond donors (Lipinski definition) is 3. The van der Waals surface area contributed by atoms with Gasteiger partial charge in [-0.15, -0.1) is 10.2 Å². The summed E-state index contributed by atoms with van der Waals surface area (Å²) < 4.78 is 0.869. The highest BCUT2D eigenvalue weighted by Crippen LogP contribution is 2.36. The maximum absolute atomic E-state index is 10.0. The number of fused-ring (bicyclic) bond motifs is 1. The molecule has 0 aliphatic heterocycles. The zero-order valence-corrected chi connectivity index (χ0v) is 18.0. The number of hydrazone groups is 1. The number of aromatic amines is 1. The molecule has 4 rings (SSSR count). The Labute approximate surface area is 186 Å². The maximum atomic E-state index is 10.0. The molecule has 0 aliphatic rings. The second kappa shape index (κ2) is 8.98. The Morgan fingerprint density at radius 3 is 2.50 bits per heavy atom. The van der Waals surface area contributed by atoms with E-state index in [4.69, 9.17) is 12.2 Å². The van der Waals surface area contributed by atoms with Crippen LogP contribution in [0.5, 0.6) is 5.88 Å². The molecule has 1 aromatic heterocycles. The number of thiocarbonyl (C=S) groups is 1. The molecule has 0 radical (unpaired) electrons. The van der Waals surface area contributed by atoms with Crippen molar-refractivity contribution in [2.45, 2.75) is 0 Å². The molecular weight excluding hydrogens is 462 g/mol. The van der Waals surface area contributed by atoms with Crippen molar-refractivity contribution in [2.24, 2.45) is 15.3 Å². The summed E-state index contributed by atoms with van der Waals surface area (Å²) in [5, 5.41) is 22.9. The van der Waals surface area contributed by atoms with Crippen LogP contribution in [0.2, 0.25) is 0 Å². The predicted octanol–water partition coefficient (Wildman–Crippen LogP) is 6.30. The molecule has 6 nitrogen and oxygen atoms in total. The van der Waals surface area contributed by atoms with Crippen LogP contribution < -0.4 is 5.43 Å². The molecule has 0 aliphatic carbocycles. The summed E-state index contributed by atoms with van der Waals surface area (Å²) in [5.41, 5.74) is 6.94. The number of nitrogens with zero attached hydrogens (tertiary/aromatic N) is 3. The fraction of sp³-hybridized carbons (Fsp3) is 0. The lowest BCUT2D eigenvalue weighted by atomic mass is 10.0. The van der Waals surface area contributed by atoms with Crippen molar-refractivity contribution < 1.29 is 5.11 Å². The number of nitrogens with one attached hydrogen (secondary N) is 2. The third-order valence-corrected chi connectivity index (χ3v) is 5.01. The Balaban J connectivity index is 1.40. The van der Waals surface area contributed by atoms with Crippen molar-refractivity contribution in [1.82, 2.24) is 10.4 Å². The average molecular weight is 478 g/mol. The Morgan fingerprint density at radius 1 is 1.00 bits per heavy atom. The molecule has 0 bridgehead atoms. The minimum Gasteiger partial charge on any atom is -0.493 e. The predicted molar refractivity (Wildman–Crippen MR) is 127 cm³/mol. The summed E-state index contributed by atoms with van der Waals surface area (Å²) in [7, 11) is 0. The van der Waals surface area contributed by atoms with Gasteiger partial charge in [0.25, 0.3) is 0 Å². The SMILES string of the molecule is Oc1[nH]c2ccc(Br)cc2c1N=NC(=S)N/N=C/c1ccc(-c2ccccc2)cc1. The van der Waals surface area contributed by atoms with E-state index in [1.54, 1.807) is 6.21 Å². The molecule has 30 heavy (non-hydrogen) atoms. The van der Waals surface area contributed by atoms with Crippen LogP contribution in [0.4, 0.5) is 5.69 Å². The number of H-pyrrole nitrogens is 1. The van der Waals surface area contributed by atoms with E-state index in [1.165, 1.54) is 0 Å². The van der Waals surface area contributed by atoms with Crippen LogP contribution in [0.1, 0.15) is 5.56 Å². The first-order valence-corrected chi connectivity index (χ1v) is 10.2. The first kappa shape index (κ1) is 19.9.